The molecule has 0 aliphatic heterocycles. The molecule has 0 fully saturated rings. The highest BCUT2D eigenvalue weighted by Gasteiger charge is 2.19. The fourth-order valence-electron chi connectivity index (χ4n) is 2.52. The van der Waals surface area contributed by atoms with Crippen LogP contribution in [0.4, 0.5) is 0 Å². The summed E-state index contributed by atoms with van der Waals surface area (Å²) in [6.45, 7) is 3.86. The van der Waals surface area contributed by atoms with Crippen molar-refractivity contribution < 1.29 is 9.90 Å². The van der Waals surface area contributed by atoms with E-state index in [1.807, 2.05) is 74.5 Å². The molecule has 0 aromatic heterocycles. The Hall–Kier alpha value is -2.35. The second-order valence-electron chi connectivity index (χ2n) is 5.38. The first-order chi connectivity index (χ1) is 10.1. The van der Waals surface area contributed by atoms with Gasteiger partial charge in [-0.05, 0) is 29.0 Å². The van der Waals surface area contributed by atoms with Crippen molar-refractivity contribution in [3.8, 4) is 0 Å². The molecule has 0 aliphatic rings. The van der Waals surface area contributed by atoms with Crippen LogP contribution in [0.1, 0.15) is 25.0 Å². The molecule has 2 aromatic rings. The molecule has 0 saturated heterocycles. The molecule has 0 spiro atoms. The lowest BCUT2D eigenvalue weighted by molar-refractivity contribution is -0.133. The van der Waals surface area contributed by atoms with Crippen molar-refractivity contribution in [2.45, 2.75) is 20.3 Å². The molecule has 2 heteroatoms. The third kappa shape index (κ3) is 3.82. The summed E-state index contributed by atoms with van der Waals surface area (Å²) < 4.78 is 0. The average molecular weight is 280 g/mol. The van der Waals surface area contributed by atoms with Crippen LogP contribution < -0.4 is 0 Å². The number of aliphatic carboxylic acids is 1. The molecule has 0 bridgehead atoms. The summed E-state index contributed by atoms with van der Waals surface area (Å²) in [5, 5.41) is 9.60. The molecule has 0 aliphatic carbocycles. The molecule has 2 aromatic carbocycles. The number of carbonyl (C=O) groups is 1. The summed E-state index contributed by atoms with van der Waals surface area (Å²) in [7, 11) is 0. The van der Waals surface area contributed by atoms with Gasteiger partial charge in [0.05, 0.1) is 0 Å². The van der Waals surface area contributed by atoms with Crippen LogP contribution >= 0.6 is 0 Å². The molecule has 108 valence electrons. The Kier molecular flexibility index (Phi) is 4.94. The summed E-state index contributed by atoms with van der Waals surface area (Å²) in [6.07, 6.45) is 0.630. The largest absolute Gasteiger partial charge is 0.478 e. The van der Waals surface area contributed by atoms with Crippen LogP contribution in [-0.4, -0.2) is 11.1 Å². The van der Waals surface area contributed by atoms with Crippen LogP contribution in [0.5, 0.6) is 0 Å². The normalized spacial score (nSPS) is 12.1. The maximum Gasteiger partial charge on any atom is 0.332 e. The SMILES string of the molecule is CC(C)C(C(=O)O)=C(Cc1ccccc1)c1ccccc1. The Balaban J connectivity index is 2.54. The van der Waals surface area contributed by atoms with E-state index in [4.69, 9.17) is 0 Å². The molecule has 2 rings (SSSR count). The fourth-order valence-corrected chi connectivity index (χ4v) is 2.52. The van der Waals surface area contributed by atoms with Gasteiger partial charge in [0.25, 0.3) is 0 Å². The zero-order valence-electron chi connectivity index (χ0n) is 12.4. The summed E-state index contributed by atoms with van der Waals surface area (Å²) in [4.78, 5) is 11.7. The van der Waals surface area contributed by atoms with Crippen molar-refractivity contribution in [2.24, 2.45) is 5.92 Å². The smallest absolute Gasteiger partial charge is 0.332 e. The maximum atomic E-state index is 11.7. The van der Waals surface area contributed by atoms with Gasteiger partial charge < -0.3 is 5.11 Å². The van der Waals surface area contributed by atoms with Gasteiger partial charge in [-0.25, -0.2) is 4.79 Å². The fraction of sp³-hybridized carbons (Fsp3) is 0.211. The number of carboxylic acid groups (broad SMARTS) is 1. The van der Waals surface area contributed by atoms with Crippen LogP contribution in [-0.2, 0) is 11.2 Å². The molecule has 0 atom stereocenters. The molecule has 0 radical (unpaired) electrons. The van der Waals surface area contributed by atoms with Crippen molar-refractivity contribution in [1.82, 2.24) is 0 Å². The quantitative estimate of drug-likeness (QED) is 0.823. The molecular formula is C19H20O2. The number of allylic oxidation sites excluding steroid dienone is 1. The van der Waals surface area contributed by atoms with Crippen molar-refractivity contribution >= 4 is 11.5 Å². The topological polar surface area (TPSA) is 37.3 Å². The molecule has 21 heavy (non-hydrogen) atoms. The Morgan fingerprint density at radius 1 is 0.952 bits per heavy atom. The number of hydrogen-bond donors (Lipinski definition) is 1. The van der Waals surface area contributed by atoms with Gasteiger partial charge in [0.15, 0.2) is 0 Å². The van der Waals surface area contributed by atoms with Gasteiger partial charge in [0.2, 0.25) is 0 Å². The summed E-state index contributed by atoms with van der Waals surface area (Å²) in [6, 6.07) is 19.8. The van der Waals surface area contributed by atoms with Crippen molar-refractivity contribution in [3.63, 3.8) is 0 Å². The minimum Gasteiger partial charge on any atom is -0.478 e. The first-order valence-corrected chi connectivity index (χ1v) is 7.15. The highest BCUT2D eigenvalue weighted by molar-refractivity contribution is 5.97. The molecule has 2 nitrogen and oxygen atoms in total. The first-order valence-electron chi connectivity index (χ1n) is 7.15. The van der Waals surface area contributed by atoms with E-state index in [9.17, 15) is 9.90 Å². The van der Waals surface area contributed by atoms with Crippen LogP contribution in [0, 0.1) is 5.92 Å². The van der Waals surface area contributed by atoms with Gasteiger partial charge in [-0.1, -0.05) is 74.5 Å². The number of carboxylic acids is 1. The Labute approximate surface area is 125 Å². The summed E-state index contributed by atoms with van der Waals surface area (Å²) >= 11 is 0. The predicted molar refractivity (Wildman–Crippen MR) is 86.0 cm³/mol. The molecular weight excluding hydrogens is 260 g/mol. The number of rotatable bonds is 5. The summed E-state index contributed by atoms with van der Waals surface area (Å²) in [5.74, 6) is -0.860. The average Bonchev–Trinajstić information content (AvgIpc) is 2.48. The Bertz CT molecular complexity index is 625. The minimum absolute atomic E-state index is 0.0265. The van der Waals surface area contributed by atoms with E-state index in [-0.39, 0.29) is 5.92 Å². The molecule has 0 amide bonds. The zero-order chi connectivity index (χ0) is 15.2. The van der Waals surface area contributed by atoms with Crippen molar-refractivity contribution in [1.29, 1.82) is 0 Å². The van der Waals surface area contributed by atoms with E-state index in [0.29, 0.717) is 12.0 Å². The van der Waals surface area contributed by atoms with E-state index in [1.165, 1.54) is 0 Å². The lowest BCUT2D eigenvalue weighted by Gasteiger charge is -2.16. The summed E-state index contributed by atoms with van der Waals surface area (Å²) in [5.41, 5.74) is 3.48. The van der Waals surface area contributed by atoms with Crippen LogP contribution in [0.25, 0.3) is 5.57 Å². The Morgan fingerprint density at radius 2 is 1.48 bits per heavy atom. The van der Waals surface area contributed by atoms with Gasteiger partial charge in [0, 0.05) is 5.57 Å². The third-order valence-electron chi connectivity index (χ3n) is 3.48. The maximum absolute atomic E-state index is 11.7. The predicted octanol–water partition coefficient (Wildman–Crippen LogP) is 4.42. The van der Waals surface area contributed by atoms with Crippen LogP contribution in [0.15, 0.2) is 66.2 Å². The number of hydrogen-bond acceptors (Lipinski definition) is 1. The van der Waals surface area contributed by atoms with E-state index < -0.39 is 5.97 Å². The molecule has 0 saturated carbocycles. The highest BCUT2D eigenvalue weighted by atomic mass is 16.4. The van der Waals surface area contributed by atoms with Gasteiger partial charge in [-0.2, -0.15) is 0 Å². The second kappa shape index (κ2) is 6.89. The van der Waals surface area contributed by atoms with Gasteiger partial charge in [-0.15, -0.1) is 0 Å². The van der Waals surface area contributed by atoms with E-state index >= 15 is 0 Å². The van der Waals surface area contributed by atoms with Gasteiger partial charge >= 0.3 is 5.97 Å². The molecule has 0 unspecified atom stereocenters. The minimum atomic E-state index is -0.834. The lowest BCUT2D eigenvalue weighted by Crippen LogP contribution is -2.11. The monoisotopic (exact) mass is 280 g/mol. The van der Waals surface area contributed by atoms with Gasteiger partial charge in [0.1, 0.15) is 0 Å². The van der Waals surface area contributed by atoms with Crippen LogP contribution in [0.2, 0.25) is 0 Å². The standard InChI is InChI=1S/C19H20O2/c1-14(2)18(19(20)21)17(16-11-7-4-8-12-16)13-15-9-5-3-6-10-15/h3-12,14H,13H2,1-2H3,(H,20,21). The number of benzene rings is 2. The van der Waals surface area contributed by atoms with E-state index in [2.05, 4.69) is 0 Å². The molecule has 1 N–H and O–H groups in total. The third-order valence-corrected chi connectivity index (χ3v) is 3.48. The highest BCUT2D eigenvalue weighted by Crippen LogP contribution is 2.27. The van der Waals surface area contributed by atoms with Crippen molar-refractivity contribution in [3.05, 3.63) is 77.4 Å². The van der Waals surface area contributed by atoms with Crippen molar-refractivity contribution in [2.75, 3.05) is 0 Å². The van der Waals surface area contributed by atoms with E-state index in [0.717, 1.165) is 16.7 Å². The molecule has 0 heterocycles. The second-order valence-corrected chi connectivity index (χ2v) is 5.38. The van der Waals surface area contributed by atoms with E-state index in [1.54, 1.807) is 0 Å². The Morgan fingerprint density at radius 3 is 1.95 bits per heavy atom. The van der Waals surface area contributed by atoms with Gasteiger partial charge in [-0.3, -0.25) is 0 Å². The lowest BCUT2D eigenvalue weighted by atomic mass is 9.88. The van der Waals surface area contributed by atoms with Crippen LogP contribution in [0.3, 0.4) is 0 Å². The zero-order valence-corrected chi connectivity index (χ0v) is 12.4. The first kappa shape index (κ1) is 15.0.